The van der Waals surface area contributed by atoms with E-state index in [1.807, 2.05) is 24.3 Å². The molecule has 0 saturated carbocycles. The maximum absolute atomic E-state index is 13.0. The standard InChI is InChI=1S/C21H17FN4O2/c22-14-7-5-13(6-8-14)10-23-26-12-20(27)25-11-18-16(9-19(25)21(26)28)15-3-1-2-4-17(15)24-18/h1-8,10,19,24H,9,11-12H2/b23-10-/t19-/m1/s1. The highest BCUT2D eigenvalue weighted by Crippen LogP contribution is 2.32. The van der Waals surface area contributed by atoms with E-state index in [0.29, 0.717) is 18.5 Å². The Kier molecular flexibility index (Phi) is 3.75. The van der Waals surface area contributed by atoms with E-state index in [9.17, 15) is 14.0 Å². The first kappa shape index (κ1) is 16.7. The van der Waals surface area contributed by atoms with Crippen LogP contribution in [0.25, 0.3) is 10.9 Å². The number of nitrogens with zero attached hydrogens (tertiary/aromatic N) is 3. The van der Waals surface area contributed by atoms with E-state index < -0.39 is 6.04 Å². The van der Waals surface area contributed by atoms with Gasteiger partial charge in [0.05, 0.1) is 12.8 Å². The number of nitrogens with one attached hydrogen (secondary N) is 1. The van der Waals surface area contributed by atoms with E-state index in [1.54, 1.807) is 17.0 Å². The van der Waals surface area contributed by atoms with Crippen LogP contribution in [0.4, 0.5) is 4.39 Å². The Labute approximate surface area is 160 Å². The number of fused-ring (bicyclic) bond motifs is 4. The molecular weight excluding hydrogens is 359 g/mol. The Morgan fingerprint density at radius 2 is 1.86 bits per heavy atom. The van der Waals surface area contributed by atoms with Crippen molar-refractivity contribution in [1.29, 1.82) is 0 Å². The SMILES string of the molecule is O=C1[C@H]2Cc3c([nH]c4ccccc34)CN2C(=O)CN1/N=C\c1ccc(F)cc1. The molecule has 0 radical (unpaired) electrons. The molecule has 0 spiro atoms. The van der Waals surface area contributed by atoms with Crippen LogP contribution in [0.1, 0.15) is 16.8 Å². The fourth-order valence-electron chi connectivity index (χ4n) is 3.94. The Balaban J connectivity index is 1.44. The average molecular weight is 376 g/mol. The van der Waals surface area contributed by atoms with Gasteiger partial charge >= 0.3 is 0 Å². The molecule has 0 bridgehead atoms. The van der Waals surface area contributed by atoms with Crippen LogP contribution < -0.4 is 0 Å². The second-order valence-electron chi connectivity index (χ2n) is 7.06. The Morgan fingerprint density at radius 1 is 1.07 bits per heavy atom. The summed E-state index contributed by atoms with van der Waals surface area (Å²) in [6.45, 7) is 0.303. The summed E-state index contributed by atoms with van der Waals surface area (Å²) in [5.41, 5.74) is 3.74. The summed E-state index contributed by atoms with van der Waals surface area (Å²) in [6, 6.07) is 13.2. The summed E-state index contributed by atoms with van der Waals surface area (Å²) < 4.78 is 13.0. The molecule has 1 aromatic heterocycles. The third kappa shape index (κ3) is 2.67. The molecule has 7 heteroatoms. The fourth-order valence-corrected chi connectivity index (χ4v) is 3.94. The van der Waals surface area contributed by atoms with Crippen LogP contribution in [-0.2, 0) is 22.6 Å². The number of hydrazone groups is 1. The van der Waals surface area contributed by atoms with Gasteiger partial charge < -0.3 is 9.88 Å². The molecule has 2 aliphatic rings. The lowest BCUT2D eigenvalue weighted by atomic mass is 9.94. The Hall–Kier alpha value is -3.48. The molecule has 2 aliphatic heterocycles. The van der Waals surface area contributed by atoms with E-state index in [2.05, 4.69) is 10.1 Å². The van der Waals surface area contributed by atoms with Crippen molar-refractivity contribution in [3.63, 3.8) is 0 Å². The molecule has 1 N–H and O–H groups in total. The molecule has 3 heterocycles. The molecule has 2 aromatic carbocycles. The van der Waals surface area contributed by atoms with E-state index in [-0.39, 0.29) is 24.2 Å². The number of H-pyrrole nitrogens is 1. The molecule has 5 rings (SSSR count). The normalized spacial score (nSPS) is 19.4. The first-order valence-corrected chi connectivity index (χ1v) is 9.09. The number of aromatic amines is 1. The molecule has 28 heavy (non-hydrogen) atoms. The predicted molar refractivity (Wildman–Crippen MR) is 102 cm³/mol. The van der Waals surface area contributed by atoms with Gasteiger partial charge in [0.25, 0.3) is 5.91 Å². The Morgan fingerprint density at radius 3 is 2.68 bits per heavy atom. The van der Waals surface area contributed by atoms with Crippen LogP contribution in [0, 0.1) is 5.82 Å². The largest absolute Gasteiger partial charge is 0.357 e. The van der Waals surface area contributed by atoms with Gasteiger partial charge in [-0.25, -0.2) is 9.40 Å². The van der Waals surface area contributed by atoms with E-state index in [0.717, 1.165) is 22.2 Å². The summed E-state index contributed by atoms with van der Waals surface area (Å²) in [5.74, 6) is -0.673. The smallest absolute Gasteiger partial charge is 0.266 e. The van der Waals surface area contributed by atoms with Crippen LogP contribution in [0.5, 0.6) is 0 Å². The van der Waals surface area contributed by atoms with Crippen molar-refractivity contribution in [1.82, 2.24) is 14.9 Å². The number of para-hydroxylation sites is 1. The van der Waals surface area contributed by atoms with Crippen molar-refractivity contribution in [3.8, 4) is 0 Å². The number of amides is 2. The number of rotatable bonds is 2. The van der Waals surface area contributed by atoms with Gasteiger partial charge in [0, 0.05) is 23.0 Å². The highest BCUT2D eigenvalue weighted by Gasteiger charge is 2.43. The van der Waals surface area contributed by atoms with Crippen molar-refractivity contribution >= 4 is 28.9 Å². The molecule has 1 saturated heterocycles. The van der Waals surface area contributed by atoms with Gasteiger partial charge in [0.1, 0.15) is 18.4 Å². The monoisotopic (exact) mass is 376 g/mol. The lowest BCUT2D eigenvalue weighted by molar-refractivity contribution is -0.157. The van der Waals surface area contributed by atoms with Crippen molar-refractivity contribution < 1.29 is 14.0 Å². The van der Waals surface area contributed by atoms with Crippen LogP contribution in [0.3, 0.4) is 0 Å². The van der Waals surface area contributed by atoms with Gasteiger partial charge in [-0.1, -0.05) is 30.3 Å². The predicted octanol–water partition coefficient (Wildman–Crippen LogP) is 2.44. The number of halogens is 1. The van der Waals surface area contributed by atoms with Crippen LogP contribution in [0.2, 0.25) is 0 Å². The number of hydrogen-bond donors (Lipinski definition) is 1. The van der Waals surface area contributed by atoms with E-state index in [4.69, 9.17) is 0 Å². The molecule has 140 valence electrons. The maximum Gasteiger partial charge on any atom is 0.266 e. The van der Waals surface area contributed by atoms with Gasteiger partial charge in [0.15, 0.2) is 0 Å². The van der Waals surface area contributed by atoms with E-state index >= 15 is 0 Å². The number of benzene rings is 2. The van der Waals surface area contributed by atoms with Gasteiger partial charge in [-0.2, -0.15) is 5.10 Å². The summed E-state index contributed by atoms with van der Waals surface area (Å²) in [4.78, 5) is 30.7. The molecular formula is C21H17FN4O2. The number of carbonyl (C=O) groups excluding carboxylic acids is 2. The minimum Gasteiger partial charge on any atom is -0.357 e. The third-order valence-corrected chi connectivity index (χ3v) is 5.37. The van der Waals surface area contributed by atoms with Crippen molar-refractivity contribution in [2.75, 3.05) is 6.54 Å². The number of aromatic nitrogens is 1. The molecule has 0 aliphatic carbocycles. The number of piperazine rings is 1. The van der Waals surface area contributed by atoms with Crippen molar-refractivity contribution in [2.24, 2.45) is 5.10 Å². The number of hydrogen-bond acceptors (Lipinski definition) is 3. The fraction of sp³-hybridized carbons (Fsp3) is 0.190. The Bertz CT molecular complexity index is 1120. The zero-order valence-electron chi connectivity index (χ0n) is 14.9. The molecule has 2 amide bonds. The quantitative estimate of drug-likeness (QED) is 0.698. The molecule has 1 fully saturated rings. The van der Waals surface area contributed by atoms with Crippen LogP contribution >= 0.6 is 0 Å². The second kappa shape index (κ2) is 6.30. The summed E-state index contributed by atoms with van der Waals surface area (Å²) in [5, 5.41) is 6.49. The lowest BCUT2D eigenvalue weighted by Crippen LogP contribution is -2.60. The average Bonchev–Trinajstić information content (AvgIpc) is 3.07. The summed E-state index contributed by atoms with van der Waals surface area (Å²) in [6.07, 6.45) is 1.94. The highest BCUT2D eigenvalue weighted by atomic mass is 19.1. The first-order valence-electron chi connectivity index (χ1n) is 9.09. The second-order valence-corrected chi connectivity index (χ2v) is 7.06. The van der Waals surface area contributed by atoms with Gasteiger partial charge in [-0.05, 0) is 29.3 Å². The van der Waals surface area contributed by atoms with Gasteiger partial charge in [-0.3, -0.25) is 9.59 Å². The van der Waals surface area contributed by atoms with Gasteiger partial charge in [0.2, 0.25) is 5.91 Å². The van der Waals surface area contributed by atoms with E-state index in [1.165, 1.54) is 23.4 Å². The topological polar surface area (TPSA) is 68.8 Å². The lowest BCUT2D eigenvalue weighted by Gasteiger charge is -2.40. The zero-order chi connectivity index (χ0) is 19.3. The highest BCUT2D eigenvalue weighted by molar-refractivity contribution is 5.97. The van der Waals surface area contributed by atoms with Crippen LogP contribution in [-0.4, -0.2) is 45.5 Å². The van der Waals surface area contributed by atoms with Gasteiger partial charge in [-0.15, -0.1) is 0 Å². The third-order valence-electron chi connectivity index (χ3n) is 5.37. The zero-order valence-corrected chi connectivity index (χ0v) is 14.9. The first-order chi connectivity index (χ1) is 13.6. The number of carbonyl (C=O) groups is 2. The minimum atomic E-state index is -0.557. The summed E-state index contributed by atoms with van der Waals surface area (Å²) in [7, 11) is 0. The summed E-state index contributed by atoms with van der Waals surface area (Å²) >= 11 is 0. The molecule has 1 atom stereocenters. The molecule has 0 unspecified atom stereocenters. The van der Waals surface area contributed by atoms with Crippen molar-refractivity contribution in [3.05, 3.63) is 71.2 Å². The minimum absolute atomic E-state index is 0.0947. The van der Waals surface area contributed by atoms with Crippen molar-refractivity contribution in [2.45, 2.75) is 19.0 Å². The molecule has 6 nitrogen and oxygen atoms in total. The van der Waals surface area contributed by atoms with Crippen LogP contribution in [0.15, 0.2) is 53.6 Å². The maximum atomic E-state index is 13.0. The molecule has 3 aromatic rings.